The first kappa shape index (κ1) is 63.6. The summed E-state index contributed by atoms with van der Waals surface area (Å²) in [6, 6.07) is 0. The van der Waals surface area contributed by atoms with Gasteiger partial charge in [0.05, 0.1) is 19.8 Å². The van der Waals surface area contributed by atoms with Crippen molar-refractivity contribution in [1.82, 2.24) is 0 Å². The maximum Gasteiger partial charge on any atom is 0.397 e. The third-order valence-corrected chi connectivity index (χ3v) is 12.3. The fraction of sp³-hybridized carbons (Fsp3) is 0.764. The first-order valence-electron chi connectivity index (χ1n) is 26.7. The Balaban J connectivity index is 2.34. The summed E-state index contributed by atoms with van der Waals surface area (Å²) in [5.74, 6) is -0.407. The third-order valence-electron chi connectivity index (χ3n) is 11.8. The number of carbonyl (C=O) groups excluding carboxylic acids is 1. The van der Waals surface area contributed by atoms with Crippen LogP contribution in [0.4, 0.5) is 0 Å². The van der Waals surface area contributed by atoms with E-state index in [1.807, 2.05) is 0 Å². The van der Waals surface area contributed by atoms with Crippen LogP contribution in [0, 0.1) is 0 Å². The average Bonchev–Trinajstić information content (AvgIpc) is 3.31. The molecule has 0 aromatic carbocycles. The number of hydrogen-bond acceptors (Lipinski definition) is 11. The SMILES string of the molecule is CC/C=C\C/C=C\C/C=C\C/C=C\CCCCCCCCCCCCC(=O)OC(COCCCCCCCCCC/C=C\C/C=C\CCCCC)COC1OC(CO)C(O)C(OS(=O)(=O)O)C1O. The highest BCUT2D eigenvalue weighted by Gasteiger charge is 2.48. The molecule has 1 fully saturated rings. The summed E-state index contributed by atoms with van der Waals surface area (Å²) in [6.45, 7) is 3.85. The smallest absolute Gasteiger partial charge is 0.397 e. The van der Waals surface area contributed by atoms with E-state index in [-0.39, 0.29) is 19.6 Å². The molecule has 0 spiro atoms. The van der Waals surface area contributed by atoms with Crippen LogP contribution in [0.2, 0.25) is 0 Å². The van der Waals surface area contributed by atoms with E-state index in [0.717, 1.165) is 83.5 Å². The molecule has 0 saturated carbocycles. The Kier molecular flexibility index (Phi) is 42.7. The Morgan fingerprint density at radius 3 is 1.49 bits per heavy atom. The molecule has 0 aliphatic carbocycles. The molecular weight excluding hydrogens is 885 g/mol. The zero-order valence-corrected chi connectivity index (χ0v) is 43.2. The first-order valence-corrected chi connectivity index (χ1v) is 28.1. The molecule has 0 radical (unpaired) electrons. The minimum absolute atomic E-state index is 0.0275. The number of carbonyl (C=O) groups is 1. The van der Waals surface area contributed by atoms with E-state index in [1.165, 1.54) is 96.3 Å². The van der Waals surface area contributed by atoms with E-state index < -0.39 is 59.8 Å². The van der Waals surface area contributed by atoms with Crippen LogP contribution in [0.25, 0.3) is 0 Å². The van der Waals surface area contributed by atoms with Gasteiger partial charge in [-0.1, -0.05) is 189 Å². The van der Waals surface area contributed by atoms with E-state index in [2.05, 4.69) is 90.9 Å². The highest BCUT2D eigenvalue weighted by Crippen LogP contribution is 2.26. The zero-order valence-electron chi connectivity index (χ0n) is 42.4. The Labute approximate surface area is 413 Å². The molecule has 6 atom stereocenters. The van der Waals surface area contributed by atoms with Gasteiger partial charge in [0, 0.05) is 13.0 Å². The van der Waals surface area contributed by atoms with Crippen molar-refractivity contribution >= 4 is 16.4 Å². The van der Waals surface area contributed by atoms with E-state index in [4.69, 9.17) is 18.9 Å². The first-order chi connectivity index (χ1) is 33.1. The number of rotatable bonds is 46. The fourth-order valence-corrected chi connectivity index (χ4v) is 8.32. The van der Waals surface area contributed by atoms with Crippen molar-refractivity contribution in [1.29, 1.82) is 0 Å². The van der Waals surface area contributed by atoms with Gasteiger partial charge in [0.2, 0.25) is 0 Å². The quantitative estimate of drug-likeness (QED) is 0.0197. The Hall–Kier alpha value is -2.46. The predicted molar refractivity (Wildman–Crippen MR) is 276 cm³/mol. The van der Waals surface area contributed by atoms with Crippen molar-refractivity contribution in [3.05, 3.63) is 72.9 Å². The third kappa shape index (κ3) is 38.3. The second-order valence-corrected chi connectivity index (χ2v) is 19.1. The molecule has 0 amide bonds. The van der Waals surface area contributed by atoms with Gasteiger partial charge in [0.1, 0.15) is 30.5 Å². The lowest BCUT2D eigenvalue weighted by Gasteiger charge is -2.41. The van der Waals surface area contributed by atoms with Gasteiger partial charge in [0.25, 0.3) is 0 Å². The number of ether oxygens (including phenoxy) is 4. The molecule has 1 heterocycles. The normalized spacial score (nSPS) is 19.9. The molecule has 0 aromatic rings. The number of aliphatic hydroxyl groups excluding tert-OH is 3. The molecule has 0 bridgehead atoms. The molecule has 0 aromatic heterocycles. The molecule has 13 heteroatoms. The summed E-state index contributed by atoms with van der Waals surface area (Å²) >= 11 is 0. The lowest BCUT2D eigenvalue weighted by molar-refractivity contribution is -0.301. The second-order valence-electron chi connectivity index (χ2n) is 18.1. The molecule has 6 unspecified atom stereocenters. The van der Waals surface area contributed by atoms with Crippen molar-refractivity contribution in [2.75, 3.05) is 26.4 Å². The van der Waals surface area contributed by atoms with E-state index in [0.29, 0.717) is 13.0 Å². The van der Waals surface area contributed by atoms with E-state index in [9.17, 15) is 33.1 Å². The van der Waals surface area contributed by atoms with Crippen LogP contribution in [0.3, 0.4) is 0 Å². The van der Waals surface area contributed by atoms with Crippen molar-refractivity contribution in [2.24, 2.45) is 0 Å². The standard InChI is InChI=1S/C55H96O12S/c1-3-5-7-9-11-13-15-17-19-21-23-24-25-26-27-28-30-32-34-36-38-40-42-44-51(57)65-49(48-64-55-53(59)54(67-68(60,61)62)52(58)50(46-56)66-55)47-63-45-43-41-39-37-35-33-31-29-22-20-18-16-14-12-10-8-6-4-2/h5,7,11-14,17-20,23-24,49-50,52-56,58-59H,3-4,6,8-10,15-16,21-22,25-48H2,1-2H3,(H,60,61,62)/b7-5-,13-11-,14-12-,19-17-,20-18-,24-23-. The summed E-state index contributed by atoms with van der Waals surface area (Å²) < 4.78 is 59.3. The van der Waals surface area contributed by atoms with Crippen molar-refractivity contribution in [2.45, 2.75) is 243 Å². The molecule has 68 heavy (non-hydrogen) atoms. The van der Waals surface area contributed by atoms with Gasteiger partial charge < -0.3 is 34.3 Å². The summed E-state index contributed by atoms with van der Waals surface area (Å²) in [4.78, 5) is 12.9. The van der Waals surface area contributed by atoms with Crippen molar-refractivity contribution < 1.29 is 56.2 Å². The average molecular weight is 981 g/mol. The Bertz CT molecular complexity index is 1460. The van der Waals surface area contributed by atoms with Crippen LogP contribution >= 0.6 is 0 Å². The fourth-order valence-electron chi connectivity index (χ4n) is 7.81. The predicted octanol–water partition coefficient (Wildman–Crippen LogP) is 12.6. The Morgan fingerprint density at radius 2 is 1.01 bits per heavy atom. The molecule has 1 aliphatic heterocycles. The monoisotopic (exact) mass is 981 g/mol. The summed E-state index contributed by atoms with van der Waals surface area (Å²) in [5, 5.41) is 30.8. The zero-order chi connectivity index (χ0) is 49.6. The van der Waals surface area contributed by atoms with Gasteiger partial charge in [-0.2, -0.15) is 8.42 Å². The molecule has 1 saturated heterocycles. The van der Waals surface area contributed by atoms with Crippen LogP contribution in [-0.4, -0.2) is 97.5 Å². The highest BCUT2D eigenvalue weighted by molar-refractivity contribution is 7.80. The van der Waals surface area contributed by atoms with E-state index >= 15 is 0 Å². The molecule has 1 aliphatic rings. The summed E-state index contributed by atoms with van der Waals surface area (Å²) in [5.41, 5.74) is 0. The molecule has 12 nitrogen and oxygen atoms in total. The minimum atomic E-state index is -5.07. The Morgan fingerprint density at radius 1 is 0.574 bits per heavy atom. The molecule has 394 valence electrons. The van der Waals surface area contributed by atoms with Crippen LogP contribution in [0.1, 0.15) is 206 Å². The van der Waals surface area contributed by atoms with Crippen LogP contribution in [0.15, 0.2) is 72.9 Å². The number of esters is 1. The second kappa shape index (κ2) is 45.7. The van der Waals surface area contributed by atoms with Gasteiger partial charge in [-0.3, -0.25) is 9.35 Å². The highest BCUT2D eigenvalue weighted by atomic mass is 32.3. The summed E-state index contributed by atoms with van der Waals surface area (Å²) in [7, 11) is -5.07. The molecular formula is C55H96O12S. The van der Waals surface area contributed by atoms with Gasteiger partial charge in [0.15, 0.2) is 6.29 Å². The van der Waals surface area contributed by atoms with Gasteiger partial charge in [-0.15, -0.1) is 0 Å². The largest absolute Gasteiger partial charge is 0.457 e. The number of aliphatic hydroxyl groups is 3. The topological polar surface area (TPSA) is 178 Å². The van der Waals surface area contributed by atoms with E-state index in [1.54, 1.807) is 0 Å². The lowest BCUT2D eigenvalue weighted by Crippen LogP contribution is -2.60. The summed E-state index contributed by atoms with van der Waals surface area (Å²) in [6.07, 6.45) is 50.7. The number of hydrogen-bond donors (Lipinski definition) is 4. The lowest BCUT2D eigenvalue weighted by atomic mass is 9.99. The van der Waals surface area contributed by atoms with Crippen molar-refractivity contribution in [3.63, 3.8) is 0 Å². The molecule has 1 rings (SSSR count). The van der Waals surface area contributed by atoms with Gasteiger partial charge >= 0.3 is 16.4 Å². The number of unbranched alkanes of at least 4 members (excludes halogenated alkanes) is 21. The van der Waals surface area contributed by atoms with Crippen LogP contribution in [0.5, 0.6) is 0 Å². The van der Waals surface area contributed by atoms with Crippen molar-refractivity contribution in [3.8, 4) is 0 Å². The maximum absolute atomic E-state index is 12.9. The van der Waals surface area contributed by atoms with Gasteiger partial charge in [-0.25, -0.2) is 4.18 Å². The van der Waals surface area contributed by atoms with Crippen LogP contribution in [-0.2, 0) is 38.3 Å². The number of allylic oxidation sites excluding steroid dienone is 12. The van der Waals surface area contributed by atoms with Crippen LogP contribution < -0.4 is 0 Å². The minimum Gasteiger partial charge on any atom is -0.457 e. The molecule has 4 N–H and O–H groups in total. The van der Waals surface area contributed by atoms with Gasteiger partial charge in [-0.05, 0) is 83.5 Å². The maximum atomic E-state index is 12.9.